The Kier molecular flexibility index (Phi) is 5.38. The number of hydrogen-bond donors (Lipinski definition) is 3. The highest BCUT2D eigenvalue weighted by Gasteiger charge is 2.42. The number of benzene rings is 1. The second kappa shape index (κ2) is 7.69. The van der Waals surface area contributed by atoms with Gasteiger partial charge in [0.05, 0.1) is 6.54 Å². The van der Waals surface area contributed by atoms with E-state index in [2.05, 4.69) is 22.9 Å². The van der Waals surface area contributed by atoms with Gasteiger partial charge in [-0.05, 0) is 49.5 Å². The molecule has 0 unspecified atom stereocenters. The van der Waals surface area contributed by atoms with Crippen LogP contribution in [0, 0.1) is 17.8 Å². The summed E-state index contributed by atoms with van der Waals surface area (Å²) in [6, 6.07) is 9.57. The van der Waals surface area contributed by atoms with Crippen LogP contribution in [0.15, 0.2) is 30.3 Å². The molecule has 1 aromatic carbocycles. The summed E-state index contributed by atoms with van der Waals surface area (Å²) >= 11 is 0. The van der Waals surface area contributed by atoms with E-state index in [0.717, 1.165) is 17.4 Å². The van der Waals surface area contributed by atoms with Crippen molar-refractivity contribution in [1.29, 1.82) is 0 Å². The maximum atomic E-state index is 12.0. The van der Waals surface area contributed by atoms with Gasteiger partial charge in [0.15, 0.2) is 0 Å². The molecule has 0 saturated heterocycles. The van der Waals surface area contributed by atoms with Crippen molar-refractivity contribution in [3.05, 3.63) is 35.9 Å². The van der Waals surface area contributed by atoms with E-state index < -0.39 is 0 Å². The number of fused-ring (bicyclic) bond motifs is 2. The maximum absolute atomic E-state index is 12.0. The molecule has 24 heavy (non-hydrogen) atoms. The van der Waals surface area contributed by atoms with E-state index in [4.69, 9.17) is 0 Å². The molecule has 4 atom stereocenters. The van der Waals surface area contributed by atoms with Gasteiger partial charge in [-0.25, -0.2) is 4.79 Å². The summed E-state index contributed by atoms with van der Waals surface area (Å²) in [4.78, 5) is 23.8. The zero-order chi connectivity index (χ0) is 16.9. The van der Waals surface area contributed by atoms with Crippen molar-refractivity contribution in [1.82, 2.24) is 16.0 Å². The van der Waals surface area contributed by atoms with Gasteiger partial charge in [0.2, 0.25) is 5.91 Å². The number of nitrogens with one attached hydrogen (secondary N) is 3. The number of carbonyl (C=O) groups is 2. The smallest absolute Gasteiger partial charge is 0.315 e. The first kappa shape index (κ1) is 16.8. The van der Waals surface area contributed by atoms with Crippen LogP contribution in [0.5, 0.6) is 0 Å². The van der Waals surface area contributed by atoms with E-state index in [1.54, 1.807) is 0 Å². The Morgan fingerprint density at radius 2 is 1.92 bits per heavy atom. The van der Waals surface area contributed by atoms with Crippen molar-refractivity contribution >= 4 is 11.9 Å². The second-order valence-corrected chi connectivity index (χ2v) is 7.22. The molecule has 0 aliphatic heterocycles. The molecule has 0 spiro atoms. The lowest BCUT2D eigenvalue weighted by Gasteiger charge is -2.28. The van der Waals surface area contributed by atoms with Gasteiger partial charge in [-0.1, -0.05) is 36.8 Å². The van der Waals surface area contributed by atoms with Crippen LogP contribution in [0.1, 0.15) is 38.2 Å². The summed E-state index contributed by atoms with van der Waals surface area (Å²) in [5.74, 6) is 2.16. The Labute approximate surface area is 143 Å². The van der Waals surface area contributed by atoms with Crippen LogP contribution in [-0.2, 0) is 11.3 Å². The van der Waals surface area contributed by atoms with Crippen molar-refractivity contribution in [2.24, 2.45) is 17.8 Å². The highest BCUT2D eigenvalue weighted by molar-refractivity contribution is 5.84. The monoisotopic (exact) mass is 329 g/mol. The summed E-state index contributed by atoms with van der Waals surface area (Å²) in [6.45, 7) is 2.57. The predicted octanol–water partition coefficient (Wildman–Crippen LogP) is 2.43. The molecular weight excluding hydrogens is 302 g/mol. The van der Waals surface area contributed by atoms with Crippen molar-refractivity contribution in [3.63, 3.8) is 0 Å². The van der Waals surface area contributed by atoms with Crippen molar-refractivity contribution in [2.75, 3.05) is 6.54 Å². The van der Waals surface area contributed by atoms with E-state index in [1.165, 1.54) is 25.7 Å². The van der Waals surface area contributed by atoms with Crippen LogP contribution in [0.4, 0.5) is 4.79 Å². The summed E-state index contributed by atoms with van der Waals surface area (Å²) in [7, 11) is 0. The Hall–Kier alpha value is -2.04. The Balaban J connectivity index is 1.34. The van der Waals surface area contributed by atoms with Crippen LogP contribution >= 0.6 is 0 Å². The number of rotatable bonds is 6. The van der Waals surface area contributed by atoms with Crippen LogP contribution in [0.2, 0.25) is 0 Å². The first-order valence-electron chi connectivity index (χ1n) is 8.97. The third-order valence-electron chi connectivity index (χ3n) is 5.53. The molecule has 1 aromatic rings. The lowest BCUT2D eigenvalue weighted by Crippen LogP contribution is -2.46. The average Bonchev–Trinajstić information content (AvgIpc) is 3.22. The van der Waals surface area contributed by atoms with Gasteiger partial charge >= 0.3 is 6.03 Å². The van der Waals surface area contributed by atoms with Crippen LogP contribution in [0.25, 0.3) is 0 Å². The molecule has 3 rings (SSSR count). The van der Waals surface area contributed by atoms with E-state index in [9.17, 15) is 9.59 Å². The second-order valence-electron chi connectivity index (χ2n) is 7.22. The molecule has 2 fully saturated rings. The third-order valence-corrected chi connectivity index (χ3v) is 5.53. The molecule has 0 heterocycles. The van der Waals surface area contributed by atoms with Crippen LogP contribution < -0.4 is 16.0 Å². The van der Waals surface area contributed by atoms with E-state index in [1.807, 2.05) is 30.3 Å². The fourth-order valence-electron chi connectivity index (χ4n) is 4.32. The summed E-state index contributed by atoms with van der Waals surface area (Å²) in [5.41, 5.74) is 1.03. The number of hydrogen-bond acceptors (Lipinski definition) is 2. The summed E-state index contributed by atoms with van der Waals surface area (Å²) in [6.07, 6.45) is 5.27. The minimum absolute atomic E-state index is 0.0196. The zero-order valence-electron chi connectivity index (χ0n) is 14.3. The molecule has 0 aromatic heterocycles. The summed E-state index contributed by atoms with van der Waals surface area (Å²) in [5, 5.41) is 8.43. The van der Waals surface area contributed by atoms with E-state index >= 15 is 0 Å². The SMILES string of the molecule is C[C@H](NC(=O)CNC(=O)NCc1ccccc1)[C@@H]1C[C@H]2CC[C@H]1C2. The van der Waals surface area contributed by atoms with Crippen LogP contribution in [-0.4, -0.2) is 24.5 Å². The zero-order valence-corrected chi connectivity index (χ0v) is 14.3. The molecule has 2 aliphatic carbocycles. The normalized spacial score (nSPS) is 26.0. The predicted molar refractivity (Wildman–Crippen MR) is 93.2 cm³/mol. The molecule has 2 aliphatic rings. The highest BCUT2D eigenvalue weighted by atomic mass is 16.2. The lowest BCUT2D eigenvalue weighted by atomic mass is 9.84. The molecule has 2 bridgehead atoms. The van der Waals surface area contributed by atoms with Gasteiger partial charge in [0, 0.05) is 12.6 Å². The molecular formula is C19H27N3O2. The van der Waals surface area contributed by atoms with Crippen molar-refractivity contribution in [3.8, 4) is 0 Å². The number of amides is 3. The Bertz CT molecular complexity index is 575. The van der Waals surface area contributed by atoms with Gasteiger partial charge in [0.1, 0.15) is 0 Å². The average molecular weight is 329 g/mol. The summed E-state index contributed by atoms with van der Waals surface area (Å²) < 4.78 is 0. The molecule has 5 nitrogen and oxygen atoms in total. The minimum Gasteiger partial charge on any atom is -0.352 e. The minimum atomic E-state index is -0.318. The first-order valence-corrected chi connectivity index (χ1v) is 8.97. The molecule has 130 valence electrons. The van der Waals surface area contributed by atoms with Gasteiger partial charge in [0.25, 0.3) is 0 Å². The molecule has 0 radical (unpaired) electrons. The quantitative estimate of drug-likeness (QED) is 0.750. The Morgan fingerprint density at radius 1 is 1.12 bits per heavy atom. The largest absolute Gasteiger partial charge is 0.352 e. The lowest BCUT2D eigenvalue weighted by molar-refractivity contribution is -0.121. The van der Waals surface area contributed by atoms with E-state index in [-0.39, 0.29) is 24.5 Å². The van der Waals surface area contributed by atoms with Gasteiger partial charge < -0.3 is 16.0 Å². The fourth-order valence-corrected chi connectivity index (χ4v) is 4.32. The first-order chi connectivity index (χ1) is 11.6. The molecule has 2 saturated carbocycles. The molecule has 5 heteroatoms. The standard InChI is InChI=1S/C19H27N3O2/c1-13(17-10-15-7-8-16(17)9-15)22-18(23)12-21-19(24)20-11-14-5-3-2-4-6-14/h2-6,13,15-17H,7-12H2,1H3,(H,22,23)(H2,20,21,24)/t13-,15-,16-,17-/m0/s1. The van der Waals surface area contributed by atoms with Crippen molar-refractivity contribution in [2.45, 2.75) is 45.2 Å². The molecule has 3 N–H and O–H groups in total. The number of urea groups is 1. The highest BCUT2D eigenvalue weighted by Crippen LogP contribution is 2.49. The van der Waals surface area contributed by atoms with Crippen LogP contribution in [0.3, 0.4) is 0 Å². The topological polar surface area (TPSA) is 70.2 Å². The van der Waals surface area contributed by atoms with Gasteiger partial charge in [-0.15, -0.1) is 0 Å². The van der Waals surface area contributed by atoms with Gasteiger partial charge in [-0.3, -0.25) is 4.79 Å². The third kappa shape index (κ3) is 4.28. The molecule has 3 amide bonds. The van der Waals surface area contributed by atoms with Crippen molar-refractivity contribution < 1.29 is 9.59 Å². The number of carbonyl (C=O) groups excluding carboxylic acids is 2. The maximum Gasteiger partial charge on any atom is 0.315 e. The van der Waals surface area contributed by atoms with Gasteiger partial charge in [-0.2, -0.15) is 0 Å². The fraction of sp³-hybridized carbons (Fsp3) is 0.579. The Morgan fingerprint density at radius 3 is 2.58 bits per heavy atom. The van der Waals surface area contributed by atoms with E-state index in [0.29, 0.717) is 12.5 Å².